The number of nitrogens with one attached hydrogen (secondary N) is 3. The molecule has 10 nitrogen and oxygen atoms in total. The maximum atomic E-state index is 13.6. The van der Waals surface area contributed by atoms with E-state index in [1.165, 1.54) is 19.2 Å². The lowest BCUT2D eigenvalue weighted by atomic mass is 10.1. The van der Waals surface area contributed by atoms with Crippen molar-refractivity contribution in [2.24, 2.45) is 0 Å². The van der Waals surface area contributed by atoms with Crippen molar-refractivity contribution in [3.63, 3.8) is 0 Å². The third-order valence-electron chi connectivity index (χ3n) is 6.53. The quantitative estimate of drug-likeness (QED) is 0.335. The van der Waals surface area contributed by atoms with Crippen LogP contribution in [0.25, 0.3) is 0 Å². The van der Waals surface area contributed by atoms with Crippen LogP contribution in [0.5, 0.6) is 0 Å². The van der Waals surface area contributed by atoms with Crippen molar-refractivity contribution in [2.45, 2.75) is 24.6 Å². The standard InChI is InChI=1S/C25H32F3N5O5S/c1-29-21(31-24(36)25(26,27)28)19-6-7-20(39-19)22(34)30-14-16-15-38-13-10-33(16)23(35)17-4-2-3-5-18(17)32-8-11-37-12-9-32/h2-7,16,21,24,29,31,36H,8-15H2,1H3,(H,30,34). The fraction of sp³-hybridized carbons (Fsp3) is 0.520. The number of para-hydroxylation sites is 1. The molecule has 14 heteroatoms. The topological polar surface area (TPSA) is 115 Å². The lowest BCUT2D eigenvalue weighted by Crippen LogP contribution is -2.53. The molecule has 1 aromatic heterocycles. The van der Waals surface area contributed by atoms with Crippen LogP contribution in [0, 0.1) is 0 Å². The van der Waals surface area contributed by atoms with Gasteiger partial charge in [0.1, 0.15) is 0 Å². The van der Waals surface area contributed by atoms with E-state index in [0.29, 0.717) is 49.9 Å². The summed E-state index contributed by atoms with van der Waals surface area (Å²) in [4.78, 5) is 31.0. The number of nitrogens with zero attached hydrogens (tertiary/aromatic N) is 2. The summed E-state index contributed by atoms with van der Waals surface area (Å²) in [6, 6.07) is 10.0. The number of aliphatic hydroxyl groups is 1. The second-order valence-corrected chi connectivity index (χ2v) is 10.2. The number of aliphatic hydroxyl groups excluding tert-OH is 1. The Morgan fingerprint density at radius 3 is 2.54 bits per heavy atom. The minimum atomic E-state index is -4.83. The van der Waals surface area contributed by atoms with Crippen LogP contribution in [0.1, 0.15) is 31.1 Å². The van der Waals surface area contributed by atoms with Crippen LogP contribution in [0.3, 0.4) is 0 Å². The highest BCUT2D eigenvalue weighted by molar-refractivity contribution is 7.14. The van der Waals surface area contributed by atoms with Gasteiger partial charge in [-0.05, 0) is 31.3 Å². The predicted octanol–water partition coefficient (Wildman–Crippen LogP) is 1.54. The molecule has 0 radical (unpaired) electrons. The van der Waals surface area contributed by atoms with Gasteiger partial charge in [0.2, 0.25) is 6.23 Å². The fourth-order valence-corrected chi connectivity index (χ4v) is 5.46. The van der Waals surface area contributed by atoms with Gasteiger partial charge in [-0.15, -0.1) is 11.3 Å². The number of carbonyl (C=O) groups is 2. The summed E-state index contributed by atoms with van der Waals surface area (Å²) in [5.41, 5.74) is 1.42. The van der Waals surface area contributed by atoms with Crippen molar-refractivity contribution < 1.29 is 37.3 Å². The molecule has 2 aromatic rings. The third-order valence-corrected chi connectivity index (χ3v) is 7.68. The van der Waals surface area contributed by atoms with Gasteiger partial charge in [0, 0.05) is 36.7 Å². The van der Waals surface area contributed by atoms with Gasteiger partial charge in [-0.25, -0.2) is 0 Å². The summed E-state index contributed by atoms with van der Waals surface area (Å²) < 4.78 is 49.3. The predicted molar refractivity (Wildman–Crippen MR) is 139 cm³/mol. The highest BCUT2D eigenvalue weighted by Gasteiger charge is 2.39. The molecule has 0 aliphatic carbocycles. The molecule has 2 fully saturated rings. The number of benzene rings is 1. The smallest absolute Gasteiger partial charge is 0.378 e. The maximum absolute atomic E-state index is 13.6. The normalized spacial score (nSPS) is 20.0. The summed E-state index contributed by atoms with van der Waals surface area (Å²) in [6.07, 6.45) is -8.57. The highest BCUT2D eigenvalue weighted by atomic mass is 32.1. The zero-order valence-electron chi connectivity index (χ0n) is 21.4. The molecule has 0 saturated carbocycles. The Labute approximate surface area is 228 Å². The molecule has 3 unspecified atom stereocenters. The molecule has 39 heavy (non-hydrogen) atoms. The summed E-state index contributed by atoms with van der Waals surface area (Å²) in [5.74, 6) is -0.576. The van der Waals surface area contributed by atoms with Crippen molar-refractivity contribution in [3.05, 3.63) is 51.7 Å². The van der Waals surface area contributed by atoms with Gasteiger partial charge in [0.25, 0.3) is 11.8 Å². The van der Waals surface area contributed by atoms with Gasteiger partial charge < -0.3 is 35.0 Å². The number of morpholine rings is 2. The Morgan fingerprint density at radius 1 is 1.10 bits per heavy atom. The van der Waals surface area contributed by atoms with Crippen LogP contribution >= 0.6 is 11.3 Å². The number of rotatable bonds is 9. The molecule has 0 spiro atoms. The minimum Gasteiger partial charge on any atom is -0.378 e. The van der Waals surface area contributed by atoms with Crippen LogP contribution < -0.4 is 20.9 Å². The van der Waals surface area contributed by atoms with Crippen molar-refractivity contribution in [2.75, 3.05) is 64.6 Å². The second kappa shape index (κ2) is 13.1. The number of hydrogen-bond acceptors (Lipinski definition) is 9. The van der Waals surface area contributed by atoms with E-state index in [4.69, 9.17) is 9.47 Å². The molecule has 0 bridgehead atoms. The van der Waals surface area contributed by atoms with Gasteiger partial charge >= 0.3 is 6.18 Å². The van der Waals surface area contributed by atoms with E-state index >= 15 is 0 Å². The van der Waals surface area contributed by atoms with E-state index in [2.05, 4.69) is 15.5 Å². The Bertz CT molecular complexity index is 1130. The highest BCUT2D eigenvalue weighted by Crippen LogP contribution is 2.26. The Balaban J connectivity index is 1.40. The molecule has 3 heterocycles. The van der Waals surface area contributed by atoms with E-state index < -0.39 is 30.5 Å². The number of amides is 2. The van der Waals surface area contributed by atoms with E-state index in [-0.39, 0.29) is 23.9 Å². The molecular weight excluding hydrogens is 539 g/mol. The maximum Gasteiger partial charge on any atom is 0.428 e. The molecule has 2 saturated heterocycles. The summed E-state index contributed by atoms with van der Waals surface area (Å²) >= 11 is 0.992. The van der Waals surface area contributed by atoms with Gasteiger partial charge in [0.05, 0.1) is 49.1 Å². The van der Waals surface area contributed by atoms with E-state index in [9.17, 15) is 27.9 Å². The Morgan fingerprint density at radius 2 is 1.82 bits per heavy atom. The fourth-order valence-electron chi connectivity index (χ4n) is 4.47. The largest absolute Gasteiger partial charge is 0.428 e. The summed E-state index contributed by atoms with van der Waals surface area (Å²) in [7, 11) is 1.44. The first-order chi connectivity index (χ1) is 18.7. The first-order valence-electron chi connectivity index (χ1n) is 12.6. The van der Waals surface area contributed by atoms with Gasteiger partial charge in [0.15, 0.2) is 0 Å². The lowest BCUT2D eigenvalue weighted by molar-refractivity contribution is -0.216. The number of hydrogen-bond donors (Lipinski definition) is 4. The van der Waals surface area contributed by atoms with Gasteiger partial charge in [-0.1, -0.05) is 12.1 Å². The Kier molecular flexibility index (Phi) is 9.80. The molecule has 214 valence electrons. The van der Waals surface area contributed by atoms with Crippen molar-refractivity contribution >= 4 is 28.8 Å². The third kappa shape index (κ3) is 7.26. The number of alkyl halides is 3. The molecular formula is C25H32F3N5O5S. The average Bonchev–Trinajstić information content (AvgIpc) is 3.44. The second-order valence-electron chi connectivity index (χ2n) is 9.09. The zero-order valence-corrected chi connectivity index (χ0v) is 22.2. The van der Waals surface area contributed by atoms with E-state index in [1.807, 2.05) is 23.5 Å². The number of thiophene rings is 1. The first kappa shape index (κ1) is 29.2. The molecule has 2 aliphatic rings. The summed E-state index contributed by atoms with van der Waals surface area (Å²) in [6.45, 7) is 3.70. The van der Waals surface area contributed by atoms with Crippen molar-refractivity contribution in [3.8, 4) is 0 Å². The van der Waals surface area contributed by atoms with Crippen LogP contribution in [0.4, 0.5) is 18.9 Å². The molecule has 2 amide bonds. The SMILES string of the molecule is CNC(NC(O)C(F)(F)F)c1ccc(C(=O)NCC2COCCN2C(=O)c2ccccc2N2CCOCC2)s1. The number of carbonyl (C=O) groups excluding carboxylic acids is 2. The van der Waals surface area contributed by atoms with E-state index in [0.717, 1.165) is 17.0 Å². The number of anilines is 1. The number of ether oxygens (including phenoxy) is 2. The monoisotopic (exact) mass is 571 g/mol. The van der Waals surface area contributed by atoms with Gasteiger partial charge in [-0.2, -0.15) is 13.2 Å². The molecule has 1 aromatic carbocycles. The summed E-state index contributed by atoms with van der Waals surface area (Å²) in [5, 5.41) is 16.9. The Hall–Kier alpha value is -2.75. The van der Waals surface area contributed by atoms with Gasteiger partial charge in [-0.3, -0.25) is 14.9 Å². The van der Waals surface area contributed by atoms with Crippen LogP contribution in [0.2, 0.25) is 0 Å². The van der Waals surface area contributed by atoms with Crippen LogP contribution in [0.15, 0.2) is 36.4 Å². The minimum absolute atomic E-state index is 0.137. The van der Waals surface area contributed by atoms with Crippen molar-refractivity contribution in [1.82, 2.24) is 20.9 Å². The van der Waals surface area contributed by atoms with Crippen molar-refractivity contribution in [1.29, 1.82) is 0 Å². The molecule has 4 rings (SSSR count). The van der Waals surface area contributed by atoms with Crippen LogP contribution in [-0.4, -0.2) is 99.9 Å². The molecule has 2 aliphatic heterocycles. The van der Waals surface area contributed by atoms with Crippen LogP contribution in [-0.2, 0) is 9.47 Å². The first-order valence-corrected chi connectivity index (χ1v) is 13.4. The molecule has 4 N–H and O–H groups in total. The average molecular weight is 572 g/mol. The van der Waals surface area contributed by atoms with E-state index in [1.54, 1.807) is 11.0 Å². The lowest BCUT2D eigenvalue weighted by Gasteiger charge is -2.37. The molecule has 3 atom stereocenters. The zero-order chi connectivity index (χ0) is 28.0. The number of halogens is 3.